The molecule has 0 spiro atoms. The maximum Gasteiger partial charge on any atom is 0.337 e. The summed E-state index contributed by atoms with van der Waals surface area (Å²) in [6.07, 6.45) is 0.457. The molecule has 0 bridgehead atoms. The lowest BCUT2D eigenvalue weighted by Gasteiger charge is -2.13. The predicted octanol–water partition coefficient (Wildman–Crippen LogP) is 5.04. The molecule has 196 valence electrons. The molecule has 0 aliphatic heterocycles. The maximum atomic E-state index is 12.5. The lowest BCUT2D eigenvalue weighted by atomic mass is 9.99. The summed E-state index contributed by atoms with van der Waals surface area (Å²) < 4.78 is 0. The van der Waals surface area contributed by atoms with Crippen LogP contribution < -0.4 is 10.6 Å². The molecule has 0 saturated heterocycles. The van der Waals surface area contributed by atoms with Gasteiger partial charge < -0.3 is 20.8 Å². The highest BCUT2D eigenvalue weighted by Gasteiger charge is 2.17. The van der Waals surface area contributed by atoms with E-state index in [1.165, 1.54) is 24.3 Å². The Morgan fingerprint density at radius 2 is 0.897 bits per heavy atom. The summed E-state index contributed by atoms with van der Waals surface area (Å²) in [6.45, 7) is 0. The number of benzene rings is 4. The smallest absolute Gasteiger partial charge is 0.337 e. The third-order valence-electron chi connectivity index (χ3n) is 6.00. The lowest BCUT2D eigenvalue weighted by Crippen LogP contribution is -2.17. The van der Waals surface area contributed by atoms with Crippen molar-refractivity contribution in [3.63, 3.8) is 0 Å². The molecule has 0 aromatic heterocycles. The van der Waals surface area contributed by atoms with Gasteiger partial charge in [-0.1, -0.05) is 72.8 Å². The highest BCUT2D eigenvalue weighted by molar-refractivity contribution is 6.02. The number of rotatable bonds is 10. The first kappa shape index (κ1) is 26.8. The van der Waals surface area contributed by atoms with E-state index in [4.69, 9.17) is 0 Å². The van der Waals surface area contributed by atoms with Crippen LogP contribution in [0.4, 0.5) is 11.4 Å². The Morgan fingerprint density at radius 3 is 1.26 bits per heavy atom. The highest BCUT2D eigenvalue weighted by atomic mass is 16.4. The maximum absolute atomic E-state index is 12.5. The second-order valence-electron chi connectivity index (χ2n) is 8.97. The van der Waals surface area contributed by atoms with Crippen LogP contribution in [0.2, 0.25) is 0 Å². The van der Waals surface area contributed by atoms with Crippen molar-refractivity contribution >= 4 is 35.1 Å². The van der Waals surface area contributed by atoms with Crippen LogP contribution in [0.1, 0.15) is 43.0 Å². The van der Waals surface area contributed by atoms with Crippen LogP contribution in [0.3, 0.4) is 0 Å². The molecular formula is C31H26N2O6. The Morgan fingerprint density at radius 1 is 0.513 bits per heavy atom. The van der Waals surface area contributed by atoms with E-state index in [0.29, 0.717) is 11.1 Å². The number of anilines is 2. The average Bonchev–Trinajstić information content (AvgIpc) is 2.91. The molecule has 8 heteroatoms. The minimum atomic E-state index is -1.20. The average molecular weight is 523 g/mol. The number of carboxylic acid groups (broad SMARTS) is 2. The van der Waals surface area contributed by atoms with E-state index in [1.54, 1.807) is 12.1 Å². The van der Waals surface area contributed by atoms with Gasteiger partial charge in [0, 0.05) is 0 Å². The van der Waals surface area contributed by atoms with Gasteiger partial charge in [-0.2, -0.15) is 0 Å². The molecule has 0 saturated carbocycles. The van der Waals surface area contributed by atoms with E-state index >= 15 is 0 Å². The topological polar surface area (TPSA) is 133 Å². The van der Waals surface area contributed by atoms with Gasteiger partial charge in [0.1, 0.15) is 0 Å². The van der Waals surface area contributed by atoms with Gasteiger partial charge in [-0.3, -0.25) is 9.59 Å². The van der Waals surface area contributed by atoms with Gasteiger partial charge in [0.05, 0.1) is 35.3 Å². The molecule has 39 heavy (non-hydrogen) atoms. The van der Waals surface area contributed by atoms with Crippen molar-refractivity contribution in [2.45, 2.75) is 19.3 Å². The van der Waals surface area contributed by atoms with Gasteiger partial charge >= 0.3 is 11.9 Å². The monoisotopic (exact) mass is 522 g/mol. The number of aromatic carboxylic acids is 2. The summed E-state index contributed by atoms with van der Waals surface area (Å²) in [4.78, 5) is 48.7. The summed E-state index contributed by atoms with van der Waals surface area (Å²) in [6, 6.07) is 27.5. The Labute approximate surface area is 224 Å². The SMILES string of the molecule is O=C(Cc1ccccc1)Nc1ccc(Cc2ccc(NC(=O)Cc3ccccc3)c(C(=O)O)c2)cc1C(=O)O. The van der Waals surface area contributed by atoms with E-state index in [0.717, 1.165) is 11.1 Å². The zero-order valence-electron chi connectivity index (χ0n) is 20.9. The Kier molecular flexibility index (Phi) is 8.48. The molecular weight excluding hydrogens is 496 g/mol. The standard InChI is InChI=1S/C31H26N2O6/c34-28(18-20-7-3-1-4-8-20)32-26-13-11-22(16-24(26)30(36)37)15-23-12-14-27(25(17-23)31(38)39)33-29(35)19-21-9-5-2-6-10-21/h1-14,16-17H,15,18-19H2,(H,32,34)(H,33,35)(H,36,37)(H,38,39). The summed E-state index contributed by atoms with van der Waals surface area (Å²) in [5.74, 6) is -3.08. The first-order valence-electron chi connectivity index (χ1n) is 12.2. The molecule has 4 aromatic rings. The molecule has 0 atom stereocenters. The summed E-state index contributed by atoms with van der Waals surface area (Å²) in [5.41, 5.74) is 3.05. The first-order chi connectivity index (χ1) is 18.8. The van der Waals surface area contributed by atoms with E-state index < -0.39 is 11.9 Å². The van der Waals surface area contributed by atoms with Crippen molar-refractivity contribution < 1.29 is 29.4 Å². The highest BCUT2D eigenvalue weighted by Crippen LogP contribution is 2.23. The second-order valence-corrected chi connectivity index (χ2v) is 8.97. The van der Waals surface area contributed by atoms with Crippen molar-refractivity contribution in [3.8, 4) is 0 Å². The van der Waals surface area contributed by atoms with Crippen LogP contribution in [0, 0.1) is 0 Å². The van der Waals surface area contributed by atoms with E-state index in [2.05, 4.69) is 10.6 Å². The molecule has 0 heterocycles. The van der Waals surface area contributed by atoms with Crippen LogP contribution in [-0.4, -0.2) is 34.0 Å². The van der Waals surface area contributed by atoms with Crippen LogP contribution in [-0.2, 0) is 28.9 Å². The largest absolute Gasteiger partial charge is 0.478 e. The predicted molar refractivity (Wildman–Crippen MR) is 147 cm³/mol. The third kappa shape index (κ3) is 7.39. The van der Waals surface area contributed by atoms with Crippen molar-refractivity contribution in [2.24, 2.45) is 0 Å². The Balaban J connectivity index is 1.48. The van der Waals surface area contributed by atoms with Crippen molar-refractivity contribution in [3.05, 3.63) is 130 Å². The molecule has 0 aliphatic rings. The first-order valence-corrected chi connectivity index (χ1v) is 12.2. The van der Waals surface area contributed by atoms with Crippen LogP contribution in [0.25, 0.3) is 0 Å². The molecule has 0 fully saturated rings. The number of hydrogen-bond donors (Lipinski definition) is 4. The number of carbonyl (C=O) groups is 4. The van der Waals surface area contributed by atoms with Gasteiger partial charge in [-0.25, -0.2) is 9.59 Å². The van der Waals surface area contributed by atoms with Crippen molar-refractivity contribution in [1.82, 2.24) is 0 Å². The molecule has 8 nitrogen and oxygen atoms in total. The fraction of sp³-hybridized carbons (Fsp3) is 0.0968. The summed E-state index contributed by atoms with van der Waals surface area (Å²) in [7, 11) is 0. The molecule has 0 radical (unpaired) electrons. The molecule has 0 unspecified atom stereocenters. The van der Waals surface area contributed by atoms with Gasteiger partial charge in [0.15, 0.2) is 0 Å². The zero-order valence-corrected chi connectivity index (χ0v) is 20.9. The van der Waals surface area contributed by atoms with E-state index in [1.807, 2.05) is 60.7 Å². The molecule has 4 aromatic carbocycles. The Bertz CT molecular complexity index is 1400. The third-order valence-corrected chi connectivity index (χ3v) is 6.00. The fourth-order valence-electron chi connectivity index (χ4n) is 4.16. The van der Waals surface area contributed by atoms with Gasteiger partial charge in [-0.05, 0) is 52.9 Å². The van der Waals surface area contributed by atoms with Crippen LogP contribution >= 0.6 is 0 Å². The van der Waals surface area contributed by atoms with E-state index in [9.17, 15) is 29.4 Å². The Hall–Kier alpha value is -5.24. The van der Waals surface area contributed by atoms with Gasteiger partial charge in [-0.15, -0.1) is 0 Å². The fourth-order valence-corrected chi connectivity index (χ4v) is 4.16. The number of nitrogens with one attached hydrogen (secondary N) is 2. The number of carbonyl (C=O) groups excluding carboxylic acids is 2. The quantitative estimate of drug-likeness (QED) is 0.231. The van der Waals surface area contributed by atoms with Crippen molar-refractivity contribution in [1.29, 1.82) is 0 Å². The van der Waals surface area contributed by atoms with E-state index in [-0.39, 0.29) is 53.6 Å². The van der Waals surface area contributed by atoms with Gasteiger partial charge in [0.2, 0.25) is 11.8 Å². The molecule has 0 aliphatic carbocycles. The normalized spacial score (nSPS) is 10.5. The van der Waals surface area contributed by atoms with Crippen LogP contribution in [0.15, 0.2) is 97.1 Å². The number of amides is 2. The summed E-state index contributed by atoms with van der Waals surface area (Å²) >= 11 is 0. The lowest BCUT2D eigenvalue weighted by molar-refractivity contribution is -0.116. The second kappa shape index (κ2) is 12.3. The van der Waals surface area contributed by atoms with Gasteiger partial charge in [0.25, 0.3) is 0 Å². The van der Waals surface area contributed by atoms with Crippen molar-refractivity contribution in [2.75, 3.05) is 10.6 Å². The zero-order chi connectivity index (χ0) is 27.8. The van der Waals surface area contributed by atoms with Crippen LogP contribution in [0.5, 0.6) is 0 Å². The molecule has 4 rings (SSSR count). The molecule has 4 N–H and O–H groups in total. The number of carboxylic acids is 2. The minimum absolute atomic E-state index is 0.0721. The number of hydrogen-bond acceptors (Lipinski definition) is 4. The minimum Gasteiger partial charge on any atom is -0.478 e. The summed E-state index contributed by atoms with van der Waals surface area (Å²) in [5, 5.41) is 24.8. The molecule has 2 amide bonds.